The van der Waals surface area contributed by atoms with Crippen molar-refractivity contribution in [3.63, 3.8) is 0 Å². The largest absolute Gasteiger partial charge is 0.391 e. The van der Waals surface area contributed by atoms with Crippen molar-refractivity contribution in [2.75, 3.05) is 0 Å². The smallest absolute Gasteiger partial charge is 0.145 e. The van der Waals surface area contributed by atoms with E-state index in [1.165, 1.54) is 6.07 Å². The number of hydrogen-bond acceptors (Lipinski definition) is 2. The Morgan fingerprint density at radius 1 is 1.06 bits per heavy atom. The van der Waals surface area contributed by atoms with Crippen LogP contribution < -0.4 is 0 Å². The number of nitrogens with zero attached hydrogens (tertiary/aromatic N) is 1. The van der Waals surface area contributed by atoms with Gasteiger partial charge in [0.2, 0.25) is 0 Å². The summed E-state index contributed by atoms with van der Waals surface area (Å²) in [6.07, 6.45) is 0. The Hall–Kier alpha value is -2.16. The third kappa shape index (κ3) is 3.17. The summed E-state index contributed by atoms with van der Waals surface area (Å²) in [5.74, 6) is -0.273. The van der Waals surface area contributed by atoms with Crippen molar-refractivity contribution < 1.29 is 9.23 Å². The molecule has 0 atom stereocenters. The molecule has 0 radical (unpaired) electrons. The molecule has 92 valence electrons. The second-order valence-corrected chi connectivity index (χ2v) is 3.91. The van der Waals surface area contributed by atoms with Crippen LogP contribution in [0.5, 0.6) is 0 Å². The fourth-order valence-corrected chi connectivity index (χ4v) is 1.55. The second-order valence-electron chi connectivity index (χ2n) is 3.91. The van der Waals surface area contributed by atoms with Crippen LogP contribution in [0.15, 0.2) is 59.8 Å². The molecule has 0 heterocycles. The zero-order chi connectivity index (χ0) is 12.8. The van der Waals surface area contributed by atoms with Gasteiger partial charge in [-0.05, 0) is 18.6 Å². The summed E-state index contributed by atoms with van der Waals surface area (Å²) >= 11 is 0. The number of oxime groups is 1. The number of rotatable bonds is 4. The van der Waals surface area contributed by atoms with Crippen molar-refractivity contribution >= 4 is 5.71 Å². The molecule has 0 aliphatic rings. The van der Waals surface area contributed by atoms with Gasteiger partial charge < -0.3 is 4.84 Å². The zero-order valence-corrected chi connectivity index (χ0v) is 10.1. The monoisotopic (exact) mass is 243 g/mol. The van der Waals surface area contributed by atoms with Gasteiger partial charge in [-0.3, -0.25) is 0 Å². The highest BCUT2D eigenvalue weighted by atomic mass is 19.1. The van der Waals surface area contributed by atoms with Gasteiger partial charge in [-0.2, -0.15) is 0 Å². The van der Waals surface area contributed by atoms with Gasteiger partial charge >= 0.3 is 0 Å². The van der Waals surface area contributed by atoms with E-state index >= 15 is 0 Å². The predicted molar refractivity (Wildman–Crippen MR) is 69.8 cm³/mol. The maximum Gasteiger partial charge on any atom is 0.145 e. The molecular weight excluding hydrogens is 229 g/mol. The minimum Gasteiger partial charge on any atom is -0.391 e. The molecule has 18 heavy (non-hydrogen) atoms. The minimum atomic E-state index is -0.273. The molecule has 0 aliphatic heterocycles. The molecule has 0 unspecified atom stereocenters. The molecule has 0 bridgehead atoms. The molecule has 2 aromatic carbocycles. The fraction of sp³-hybridized carbons (Fsp3) is 0.133. The first-order valence-corrected chi connectivity index (χ1v) is 5.73. The maximum atomic E-state index is 13.3. The van der Waals surface area contributed by atoms with Crippen molar-refractivity contribution in [3.05, 3.63) is 71.5 Å². The first kappa shape index (κ1) is 12.3. The Kier molecular flexibility index (Phi) is 4.07. The van der Waals surface area contributed by atoms with Gasteiger partial charge in [0.1, 0.15) is 12.4 Å². The molecule has 2 nitrogen and oxygen atoms in total. The van der Waals surface area contributed by atoms with Crippen LogP contribution in [0.2, 0.25) is 0 Å². The van der Waals surface area contributed by atoms with Crippen molar-refractivity contribution in [1.82, 2.24) is 0 Å². The Labute approximate surface area is 106 Å². The summed E-state index contributed by atoms with van der Waals surface area (Å²) < 4.78 is 13.3. The SMILES string of the molecule is C/C(=N/OCc1ccccc1F)c1ccccc1. The van der Waals surface area contributed by atoms with E-state index in [9.17, 15) is 4.39 Å². The van der Waals surface area contributed by atoms with E-state index < -0.39 is 0 Å². The molecule has 0 spiro atoms. The number of hydrogen-bond donors (Lipinski definition) is 0. The molecule has 0 N–H and O–H groups in total. The van der Waals surface area contributed by atoms with Crippen LogP contribution in [0.1, 0.15) is 18.1 Å². The summed E-state index contributed by atoms with van der Waals surface area (Å²) in [6, 6.07) is 16.2. The summed E-state index contributed by atoms with van der Waals surface area (Å²) in [6.45, 7) is 1.99. The standard InChI is InChI=1S/C15H14FNO/c1-12(13-7-3-2-4-8-13)17-18-11-14-9-5-6-10-15(14)16/h2-10H,11H2,1H3/b17-12-. The number of benzene rings is 2. The lowest BCUT2D eigenvalue weighted by molar-refractivity contribution is 0.128. The predicted octanol–water partition coefficient (Wildman–Crippen LogP) is 3.77. The molecule has 0 aromatic heterocycles. The van der Waals surface area contributed by atoms with Crippen LogP contribution in [0.3, 0.4) is 0 Å². The second kappa shape index (κ2) is 5.96. The summed E-state index contributed by atoms with van der Waals surface area (Å²) in [5, 5.41) is 3.98. The Morgan fingerprint density at radius 2 is 1.72 bits per heavy atom. The molecule has 2 aromatic rings. The number of halogens is 1. The molecule has 0 saturated carbocycles. The average Bonchev–Trinajstić information content (AvgIpc) is 2.42. The van der Waals surface area contributed by atoms with E-state index in [0.29, 0.717) is 5.56 Å². The van der Waals surface area contributed by atoms with Gasteiger partial charge in [0, 0.05) is 5.56 Å². The highest BCUT2D eigenvalue weighted by molar-refractivity contribution is 5.98. The quantitative estimate of drug-likeness (QED) is 0.591. The topological polar surface area (TPSA) is 21.6 Å². The molecule has 0 amide bonds. The lowest BCUT2D eigenvalue weighted by atomic mass is 10.1. The summed E-state index contributed by atoms with van der Waals surface area (Å²) in [5.41, 5.74) is 2.26. The molecule has 3 heteroatoms. The Morgan fingerprint density at radius 3 is 2.44 bits per heavy atom. The van der Waals surface area contributed by atoms with Gasteiger partial charge in [0.15, 0.2) is 0 Å². The fourth-order valence-electron chi connectivity index (χ4n) is 1.55. The van der Waals surface area contributed by atoms with Crippen LogP contribution in [0.25, 0.3) is 0 Å². The highest BCUT2D eigenvalue weighted by Gasteiger charge is 2.01. The van der Waals surface area contributed by atoms with E-state index in [1.54, 1.807) is 18.2 Å². The zero-order valence-electron chi connectivity index (χ0n) is 10.1. The Bertz CT molecular complexity index is 537. The molecular formula is C15H14FNO. The highest BCUT2D eigenvalue weighted by Crippen LogP contribution is 2.08. The van der Waals surface area contributed by atoms with E-state index in [4.69, 9.17) is 4.84 Å². The molecule has 2 rings (SSSR count). The van der Waals surface area contributed by atoms with Gasteiger partial charge in [-0.25, -0.2) is 4.39 Å². The lowest BCUT2D eigenvalue weighted by Gasteiger charge is -2.03. The van der Waals surface area contributed by atoms with Crippen molar-refractivity contribution in [3.8, 4) is 0 Å². The normalized spacial score (nSPS) is 11.3. The maximum absolute atomic E-state index is 13.3. The van der Waals surface area contributed by atoms with E-state index in [1.807, 2.05) is 37.3 Å². The van der Waals surface area contributed by atoms with Crippen LogP contribution in [-0.2, 0) is 11.4 Å². The van der Waals surface area contributed by atoms with Crippen LogP contribution in [0.4, 0.5) is 4.39 Å². The van der Waals surface area contributed by atoms with Crippen molar-refractivity contribution in [1.29, 1.82) is 0 Å². The lowest BCUT2D eigenvalue weighted by Crippen LogP contribution is -1.97. The average molecular weight is 243 g/mol. The molecule has 0 aliphatic carbocycles. The molecule has 0 fully saturated rings. The van der Waals surface area contributed by atoms with Crippen molar-refractivity contribution in [2.24, 2.45) is 5.16 Å². The first-order chi connectivity index (χ1) is 8.77. The van der Waals surface area contributed by atoms with Gasteiger partial charge in [-0.1, -0.05) is 53.7 Å². The van der Waals surface area contributed by atoms with Crippen LogP contribution in [0, 0.1) is 5.82 Å². The van der Waals surface area contributed by atoms with Crippen LogP contribution >= 0.6 is 0 Å². The van der Waals surface area contributed by atoms with E-state index in [0.717, 1.165) is 11.3 Å². The van der Waals surface area contributed by atoms with Gasteiger partial charge in [0.25, 0.3) is 0 Å². The summed E-state index contributed by atoms with van der Waals surface area (Å²) in [7, 11) is 0. The van der Waals surface area contributed by atoms with Gasteiger partial charge in [-0.15, -0.1) is 0 Å². The third-order valence-electron chi connectivity index (χ3n) is 2.57. The first-order valence-electron chi connectivity index (χ1n) is 5.73. The van der Waals surface area contributed by atoms with Gasteiger partial charge in [0.05, 0.1) is 5.71 Å². The van der Waals surface area contributed by atoms with Crippen LogP contribution in [-0.4, -0.2) is 5.71 Å². The van der Waals surface area contributed by atoms with E-state index in [-0.39, 0.29) is 12.4 Å². The minimum absolute atomic E-state index is 0.136. The molecule has 0 saturated heterocycles. The summed E-state index contributed by atoms with van der Waals surface area (Å²) in [4.78, 5) is 5.16. The van der Waals surface area contributed by atoms with E-state index in [2.05, 4.69) is 5.16 Å². The third-order valence-corrected chi connectivity index (χ3v) is 2.57. The Balaban J connectivity index is 1.98. The van der Waals surface area contributed by atoms with Crippen molar-refractivity contribution in [2.45, 2.75) is 13.5 Å².